The number of ether oxygens (including phenoxy) is 2. The Morgan fingerprint density at radius 2 is 1.88 bits per heavy atom. The van der Waals surface area contributed by atoms with Crippen LogP contribution in [0.3, 0.4) is 0 Å². The van der Waals surface area contributed by atoms with E-state index in [-0.39, 0.29) is 37.1 Å². The Morgan fingerprint density at radius 1 is 1.14 bits per heavy atom. The van der Waals surface area contributed by atoms with Gasteiger partial charge in [-0.05, 0) is 56.4 Å². The number of methoxy groups -OCH3 is 1. The lowest BCUT2D eigenvalue weighted by atomic mass is 9.85. The third-order valence-corrected chi connectivity index (χ3v) is 12.3. The topological polar surface area (TPSA) is 193 Å². The van der Waals surface area contributed by atoms with Gasteiger partial charge in [0.05, 0.1) is 25.1 Å². The van der Waals surface area contributed by atoms with E-state index in [1.807, 2.05) is 50.3 Å². The average molecular weight is 712 g/mol. The molecule has 1 aromatic carbocycles. The van der Waals surface area contributed by atoms with Crippen molar-refractivity contribution in [2.45, 2.75) is 94.2 Å². The maximum absolute atomic E-state index is 14.5. The second-order valence-corrected chi connectivity index (χ2v) is 16.0. The van der Waals surface area contributed by atoms with Gasteiger partial charge in [-0.1, -0.05) is 50.6 Å². The number of pyridine rings is 1. The Morgan fingerprint density at radius 3 is 2.56 bits per heavy atom. The molecule has 15 heteroatoms. The summed E-state index contributed by atoms with van der Waals surface area (Å²) in [5.74, 6) is -1.87. The number of hydrogen-bond donors (Lipinski definition) is 4. The minimum Gasteiger partial charge on any atom is -0.494 e. The predicted octanol–water partition coefficient (Wildman–Crippen LogP) is 3.11. The molecule has 0 radical (unpaired) electrons. The van der Waals surface area contributed by atoms with E-state index in [9.17, 15) is 32.7 Å². The quantitative estimate of drug-likeness (QED) is 0.296. The fourth-order valence-corrected chi connectivity index (χ4v) is 8.77. The molecule has 4 aliphatic rings. The van der Waals surface area contributed by atoms with E-state index in [1.54, 1.807) is 0 Å². The Balaban J connectivity index is 1.35. The van der Waals surface area contributed by atoms with Crippen LogP contribution in [0, 0.1) is 17.8 Å². The average Bonchev–Trinajstić information content (AvgIpc) is 4.01. The number of amides is 4. The lowest BCUT2D eigenvalue weighted by Crippen LogP contribution is -2.59. The number of carbonyl (C=O) groups is 4. The Kier molecular flexibility index (Phi) is 9.98. The van der Waals surface area contributed by atoms with Gasteiger partial charge in [-0.15, -0.1) is 0 Å². The van der Waals surface area contributed by atoms with E-state index in [2.05, 4.69) is 20.3 Å². The fourth-order valence-electron chi connectivity index (χ4n) is 7.40. The lowest BCUT2D eigenvalue weighted by Gasteiger charge is -2.33. The molecule has 1 aromatic heterocycles. The number of nitrogens with one attached hydrogen (secondary N) is 3. The SMILES string of the molecule is CC[C@@H]1C[C@@H](C)CC/C=C\[C@@H]2C[C@@]2(C(=O)NS(=O)(=O)C2CC2)NC(=O)[C@@H]2C[C@@H](Oc3ncc(OC)c4ccccc34)CN2C(=O)[C@H]1NC(=O)O. The van der Waals surface area contributed by atoms with E-state index in [1.165, 1.54) is 18.2 Å². The van der Waals surface area contributed by atoms with Gasteiger partial charge >= 0.3 is 6.09 Å². The van der Waals surface area contributed by atoms with Crippen molar-refractivity contribution in [2.75, 3.05) is 13.7 Å². The molecule has 0 bridgehead atoms. The van der Waals surface area contributed by atoms with E-state index in [0.717, 1.165) is 11.8 Å². The van der Waals surface area contributed by atoms with Gasteiger partial charge in [-0.3, -0.25) is 19.1 Å². The number of carbonyl (C=O) groups excluding carboxylic acids is 3. The number of carboxylic acid groups (broad SMARTS) is 1. The van der Waals surface area contributed by atoms with Crippen LogP contribution in [0.5, 0.6) is 11.6 Å². The van der Waals surface area contributed by atoms with Crippen molar-refractivity contribution >= 4 is 44.6 Å². The predicted molar refractivity (Wildman–Crippen MR) is 183 cm³/mol. The summed E-state index contributed by atoms with van der Waals surface area (Å²) >= 11 is 0. The minimum absolute atomic E-state index is 0.0190. The lowest BCUT2D eigenvalue weighted by molar-refractivity contribution is -0.142. The number of benzene rings is 1. The summed E-state index contributed by atoms with van der Waals surface area (Å²) in [5.41, 5.74) is -1.52. The molecule has 2 aromatic rings. The van der Waals surface area contributed by atoms with E-state index >= 15 is 0 Å². The smallest absolute Gasteiger partial charge is 0.405 e. The minimum atomic E-state index is -3.90. The van der Waals surface area contributed by atoms with Crippen molar-refractivity contribution in [3.8, 4) is 11.6 Å². The zero-order chi connectivity index (χ0) is 35.8. The highest BCUT2D eigenvalue weighted by molar-refractivity contribution is 7.91. The molecule has 6 rings (SSSR count). The molecule has 2 saturated carbocycles. The largest absolute Gasteiger partial charge is 0.494 e. The van der Waals surface area contributed by atoms with Gasteiger partial charge in [0.1, 0.15) is 29.5 Å². The molecule has 1 saturated heterocycles. The molecule has 0 spiro atoms. The zero-order valence-corrected chi connectivity index (χ0v) is 29.3. The molecule has 4 N–H and O–H groups in total. The number of allylic oxidation sites excluding steroid dienone is 1. The van der Waals surface area contributed by atoms with Gasteiger partial charge in [0.2, 0.25) is 27.7 Å². The van der Waals surface area contributed by atoms with E-state index < -0.39 is 68.7 Å². The van der Waals surface area contributed by atoms with Gasteiger partial charge in [-0.2, -0.15) is 0 Å². The molecule has 7 atom stereocenters. The molecule has 50 heavy (non-hydrogen) atoms. The summed E-state index contributed by atoms with van der Waals surface area (Å²) in [5, 5.41) is 15.9. The summed E-state index contributed by atoms with van der Waals surface area (Å²) in [4.78, 5) is 60.2. The molecule has 3 fully saturated rings. The Bertz CT molecular complexity index is 1800. The second kappa shape index (κ2) is 14.1. The van der Waals surface area contributed by atoms with Gasteiger partial charge < -0.3 is 30.1 Å². The monoisotopic (exact) mass is 711 g/mol. The molecule has 2 aliphatic carbocycles. The number of fused-ring (bicyclic) bond motifs is 3. The maximum atomic E-state index is 14.5. The fraction of sp³-hybridized carbons (Fsp3) is 0.571. The highest BCUT2D eigenvalue weighted by Gasteiger charge is 2.62. The van der Waals surface area contributed by atoms with Crippen LogP contribution in [0.15, 0.2) is 42.6 Å². The highest BCUT2D eigenvalue weighted by atomic mass is 32.2. The van der Waals surface area contributed by atoms with Crippen molar-refractivity contribution < 1.29 is 42.2 Å². The van der Waals surface area contributed by atoms with Gasteiger partial charge in [-0.25, -0.2) is 18.2 Å². The molecule has 3 heterocycles. The summed E-state index contributed by atoms with van der Waals surface area (Å²) < 4.78 is 39.6. The third-order valence-electron chi connectivity index (χ3n) is 10.5. The molecule has 270 valence electrons. The van der Waals surface area contributed by atoms with Crippen LogP contribution in [0.25, 0.3) is 10.8 Å². The number of nitrogens with zero attached hydrogens (tertiary/aromatic N) is 2. The zero-order valence-electron chi connectivity index (χ0n) is 28.5. The summed E-state index contributed by atoms with van der Waals surface area (Å²) in [6.45, 7) is 3.90. The summed E-state index contributed by atoms with van der Waals surface area (Å²) in [6.07, 6.45) is 6.88. The van der Waals surface area contributed by atoms with Crippen LogP contribution < -0.4 is 24.8 Å². The van der Waals surface area contributed by atoms with E-state index in [0.29, 0.717) is 43.2 Å². The number of aromatic nitrogens is 1. The number of sulfonamides is 1. The van der Waals surface area contributed by atoms with Crippen LogP contribution in [-0.4, -0.2) is 89.9 Å². The molecular weight excluding hydrogens is 666 g/mol. The van der Waals surface area contributed by atoms with Gasteiger partial charge in [0, 0.05) is 23.1 Å². The normalized spacial score (nSPS) is 30.9. The molecule has 4 amide bonds. The Labute approximate surface area is 291 Å². The maximum Gasteiger partial charge on any atom is 0.405 e. The van der Waals surface area contributed by atoms with Gasteiger partial charge in [0.15, 0.2) is 0 Å². The molecule has 14 nitrogen and oxygen atoms in total. The Hall–Kier alpha value is -4.40. The number of rotatable bonds is 8. The van der Waals surface area contributed by atoms with Crippen molar-refractivity contribution in [1.29, 1.82) is 0 Å². The molecule has 2 aliphatic heterocycles. The summed E-state index contributed by atoms with van der Waals surface area (Å²) in [6, 6.07) is 5.08. The second-order valence-electron chi connectivity index (χ2n) is 14.0. The van der Waals surface area contributed by atoms with Crippen LogP contribution in [0.1, 0.15) is 65.2 Å². The highest BCUT2D eigenvalue weighted by Crippen LogP contribution is 2.46. The van der Waals surface area contributed by atoms with Crippen LogP contribution >= 0.6 is 0 Å². The molecule has 0 unspecified atom stereocenters. The van der Waals surface area contributed by atoms with Crippen molar-refractivity contribution in [1.82, 2.24) is 25.2 Å². The van der Waals surface area contributed by atoms with E-state index in [4.69, 9.17) is 9.47 Å². The first-order valence-electron chi connectivity index (χ1n) is 17.3. The van der Waals surface area contributed by atoms with Crippen molar-refractivity contribution in [3.63, 3.8) is 0 Å². The van der Waals surface area contributed by atoms with Crippen LogP contribution in [0.4, 0.5) is 4.79 Å². The third kappa shape index (κ3) is 7.23. The van der Waals surface area contributed by atoms with Crippen LogP contribution in [0.2, 0.25) is 0 Å². The van der Waals surface area contributed by atoms with Crippen LogP contribution in [-0.2, 0) is 24.4 Å². The first-order chi connectivity index (χ1) is 23.9. The first-order valence-corrected chi connectivity index (χ1v) is 18.8. The number of hydrogen-bond acceptors (Lipinski definition) is 9. The first kappa shape index (κ1) is 35.4. The van der Waals surface area contributed by atoms with Crippen molar-refractivity contribution in [3.05, 3.63) is 42.6 Å². The standard InChI is InChI=1S/C35H45N5O9S/c1-4-21-15-20(2)9-5-6-10-22-17-35(22,33(43)39-50(46,47)24-13-14-24)38-30(41)27-16-23(19-40(27)32(42)29(21)37-34(44)45)49-31-26-12-8-7-11-25(26)28(48-3)18-36-31/h6-8,10-12,18,20-24,27,29,37H,4-5,9,13-17,19H2,1-3H3,(H,38,41)(H,39,43)(H,44,45)/b10-6-/t20-,21+,22+,23+,27-,29-,35+/m0/s1. The summed E-state index contributed by atoms with van der Waals surface area (Å²) in [7, 11) is -2.36. The molecular formula is C35H45N5O9S. The van der Waals surface area contributed by atoms with Crippen molar-refractivity contribution in [2.24, 2.45) is 17.8 Å². The van der Waals surface area contributed by atoms with Gasteiger partial charge in [0.25, 0.3) is 5.91 Å².